The Bertz CT molecular complexity index is 760. The minimum Gasteiger partial charge on any atom is -0.326 e. The molecule has 3 rings (SSSR count). The van der Waals surface area contributed by atoms with Crippen LogP contribution >= 0.6 is 34.5 Å². The van der Waals surface area contributed by atoms with Crippen molar-refractivity contribution in [2.24, 2.45) is 0 Å². The predicted molar refractivity (Wildman–Crippen MR) is 91.6 cm³/mol. The van der Waals surface area contributed by atoms with Gasteiger partial charge in [0.05, 0.1) is 16.9 Å². The average Bonchev–Trinajstić information content (AvgIpc) is 3.07. The molecule has 1 aromatic carbocycles. The number of benzene rings is 1. The van der Waals surface area contributed by atoms with Gasteiger partial charge in [-0.1, -0.05) is 31.5 Å². The van der Waals surface area contributed by atoms with Crippen LogP contribution in [0.5, 0.6) is 0 Å². The van der Waals surface area contributed by atoms with E-state index in [4.69, 9.17) is 23.2 Å². The van der Waals surface area contributed by atoms with Gasteiger partial charge in [-0.25, -0.2) is 4.98 Å². The summed E-state index contributed by atoms with van der Waals surface area (Å²) in [5.41, 5.74) is 2.00. The monoisotopic (exact) mass is 338 g/mol. The molecular weight excluding hydrogens is 323 g/mol. The summed E-state index contributed by atoms with van der Waals surface area (Å²) in [4.78, 5) is 5.97. The second-order valence-electron chi connectivity index (χ2n) is 5.74. The molecule has 0 unspecified atom stereocenters. The first-order valence-corrected chi connectivity index (χ1v) is 8.55. The summed E-state index contributed by atoms with van der Waals surface area (Å²) in [5, 5.41) is 2.83. The molecule has 0 fully saturated rings. The molecule has 0 N–H and O–H groups in total. The van der Waals surface area contributed by atoms with Crippen molar-refractivity contribution in [3.8, 4) is 0 Å². The van der Waals surface area contributed by atoms with Crippen LogP contribution in [-0.2, 0) is 17.8 Å². The van der Waals surface area contributed by atoms with Crippen molar-refractivity contribution in [2.45, 2.75) is 31.7 Å². The Morgan fingerprint density at radius 2 is 2.10 bits per heavy atom. The SMILES string of the molecule is CC(C)(Cn1c(CCl)nc2ccc(Cl)cc21)c1cccs1. The molecule has 0 spiro atoms. The van der Waals surface area contributed by atoms with Crippen LogP contribution in [0.4, 0.5) is 0 Å². The normalized spacial score (nSPS) is 12.2. The number of fused-ring (bicyclic) bond motifs is 1. The van der Waals surface area contributed by atoms with E-state index in [0.717, 1.165) is 28.4 Å². The van der Waals surface area contributed by atoms with Gasteiger partial charge in [0.2, 0.25) is 0 Å². The number of halogens is 2. The summed E-state index contributed by atoms with van der Waals surface area (Å²) in [6.45, 7) is 5.31. The van der Waals surface area contributed by atoms with E-state index in [1.54, 1.807) is 11.3 Å². The van der Waals surface area contributed by atoms with Crippen molar-refractivity contribution in [3.63, 3.8) is 0 Å². The Labute approximate surface area is 138 Å². The lowest BCUT2D eigenvalue weighted by molar-refractivity contribution is 0.443. The van der Waals surface area contributed by atoms with Gasteiger partial charge in [-0.05, 0) is 29.6 Å². The number of nitrogens with zero attached hydrogens (tertiary/aromatic N) is 2. The van der Waals surface area contributed by atoms with Crippen molar-refractivity contribution in [3.05, 3.63) is 51.4 Å². The van der Waals surface area contributed by atoms with Gasteiger partial charge in [-0.15, -0.1) is 22.9 Å². The second-order valence-corrected chi connectivity index (χ2v) is 7.39. The van der Waals surface area contributed by atoms with E-state index in [1.165, 1.54) is 4.88 Å². The fraction of sp³-hybridized carbons (Fsp3) is 0.312. The first-order valence-electron chi connectivity index (χ1n) is 6.76. The molecule has 0 atom stereocenters. The quantitative estimate of drug-likeness (QED) is 0.577. The predicted octanol–water partition coefficient (Wildman–Crippen LogP) is 5.47. The van der Waals surface area contributed by atoms with Crippen LogP contribution in [0.25, 0.3) is 11.0 Å². The summed E-state index contributed by atoms with van der Waals surface area (Å²) >= 11 is 14.0. The number of alkyl halides is 1. The highest BCUT2D eigenvalue weighted by atomic mass is 35.5. The maximum absolute atomic E-state index is 6.14. The molecule has 0 aliphatic carbocycles. The highest BCUT2D eigenvalue weighted by Gasteiger charge is 2.25. The van der Waals surface area contributed by atoms with Gasteiger partial charge in [-0.2, -0.15) is 0 Å². The molecule has 0 saturated heterocycles. The first-order chi connectivity index (χ1) is 10.0. The van der Waals surface area contributed by atoms with E-state index >= 15 is 0 Å². The molecule has 0 saturated carbocycles. The summed E-state index contributed by atoms with van der Waals surface area (Å²) < 4.78 is 2.19. The maximum Gasteiger partial charge on any atom is 0.124 e. The van der Waals surface area contributed by atoms with Crippen LogP contribution in [-0.4, -0.2) is 9.55 Å². The third kappa shape index (κ3) is 2.83. The number of imidazole rings is 1. The zero-order valence-electron chi connectivity index (χ0n) is 11.9. The molecule has 0 bridgehead atoms. The number of thiophene rings is 1. The first kappa shape index (κ1) is 14.9. The summed E-state index contributed by atoms with van der Waals surface area (Å²) in [7, 11) is 0. The fourth-order valence-corrected chi connectivity index (χ4v) is 3.78. The van der Waals surface area contributed by atoms with E-state index < -0.39 is 0 Å². The van der Waals surface area contributed by atoms with E-state index in [0.29, 0.717) is 5.88 Å². The van der Waals surface area contributed by atoms with Crippen molar-refractivity contribution in [1.82, 2.24) is 9.55 Å². The highest BCUT2D eigenvalue weighted by molar-refractivity contribution is 7.10. The van der Waals surface area contributed by atoms with Crippen LogP contribution < -0.4 is 0 Å². The Balaban J connectivity index is 2.09. The minimum atomic E-state index is 0.0188. The molecule has 2 aromatic heterocycles. The molecule has 2 nitrogen and oxygen atoms in total. The molecule has 110 valence electrons. The van der Waals surface area contributed by atoms with Crippen LogP contribution in [0, 0.1) is 0 Å². The van der Waals surface area contributed by atoms with Crippen molar-refractivity contribution in [1.29, 1.82) is 0 Å². The molecular formula is C16H16Cl2N2S. The molecule has 5 heteroatoms. The number of hydrogen-bond acceptors (Lipinski definition) is 2. The van der Waals surface area contributed by atoms with Crippen LogP contribution in [0.2, 0.25) is 5.02 Å². The molecule has 0 radical (unpaired) electrons. The number of rotatable bonds is 4. The van der Waals surface area contributed by atoms with Gasteiger partial charge in [0.15, 0.2) is 0 Å². The lowest BCUT2D eigenvalue weighted by Crippen LogP contribution is -2.24. The van der Waals surface area contributed by atoms with Gasteiger partial charge in [0, 0.05) is 21.9 Å². The number of aromatic nitrogens is 2. The van der Waals surface area contributed by atoms with Crippen molar-refractivity contribution < 1.29 is 0 Å². The van der Waals surface area contributed by atoms with Crippen molar-refractivity contribution >= 4 is 45.6 Å². The second kappa shape index (κ2) is 5.64. The Hall–Kier alpha value is -1.03. The lowest BCUT2D eigenvalue weighted by atomic mass is 9.91. The number of hydrogen-bond donors (Lipinski definition) is 0. The van der Waals surface area contributed by atoms with E-state index in [-0.39, 0.29) is 5.41 Å². The lowest BCUT2D eigenvalue weighted by Gasteiger charge is -2.25. The van der Waals surface area contributed by atoms with E-state index in [9.17, 15) is 0 Å². The van der Waals surface area contributed by atoms with Crippen molar-refractivity contribution in [2.75, 3.05) is 0 Å². The van der Waals surface area contributed by atoms with E-state index in [2.05, 4.69) is 40.9 Å². The Kier molecular flexibility index (Phi) is 4.00. The van der Waals surface area contributed by atoms with Gasteiger partial charge >= 0.3 is 0 Å². The Morgan fingerprint density at radius 3 is 2.76 bits per heavy atom. The smallest absolute Gasteiger partial charge is 0.124 e. The third-order valence-electron chi connectivity index (χ3n) is 3.65. The molecule has 0 aliphatic rings. The highest BCUT2D eigenvalue weighted by Crippen LogP contribution is 2.32. The third-order valence-corrected chi connectivity index (χ3v) is 5.36. The maximum atomic E-state index is 6.14. The molecule has 21 heavy (non-hydrogen) atoms. The topological polar surface area (TPSA) is 17.8 Å². The van der Waals surface area contributed by atoms with Gasteiger partial charge in [0.25, 0.3) is 0 Å². The minimum absolute atomic E-state index is 0.0188. The van der Waals surface area contributed by atoms with Gasteiger partial charge in [-0.3, -0.25) is 0 Å². The van der Waals surface area contributed by atoms with E-state index in [1.807, 2.05) is 18.2 Å². The molecule has 0 aliphatic heterocycles. The molecule has 2 heterocycles. The molecule has 0 amide bonds. The standard InChI is InChI=1S/C16H16Cl2N2S/c1-16(2,14-4-3-7-21-14)10-20-13-8-11(18)5-6-12(13)19-15(20)9-17/h3-8H,9-10H2,1-2H3. The van der Waals surface area contributed by atoms with Crippen LogP contribution in [0.15, 0.2) is 35.7 Å². The summed E-state index contributed by atoms with van der Waals surface area (Å²) in [5.74, 6) is 1.28. The van der Waals surface area contributed by atoms with Crippen LogP contribution in [0.1, 0.15) is 24.5 Å². The summed E-state index contributed by atoms with van der Waals surface area (Å²) in [6, 6.07) is 10.0. The zero-order chi connectivity index (χ0) is 15.0. The molecule has 3 aromatic rings. The zero-order valence-corrected chi connectivity index (χ0v) is 14.3. The average molecular weight is 339 g/mol. The van der Waals surface area contributed by atoms with Gasteiger partial charge < -0.3 is 4.57 Å². The fourth-order valence-electron chi connectivity index (χ4n) is 2.56. The largest absolute Gasteiger partial charge is 0.326 e. The van der Waals surface area contributed by atoms with Crippen LogP contribution in [0.3, 0.4) is 0 Å². The van der Waals surface area contributed by atoms with Gasteiger partial charge in [0.1, 0.15) is 5.82 Å². The summed E-state index contributed by atoms with van der Waals surface area (Å²) in [6.07, 6.45) is 0. The Morgan fingerprint density at radius 1 is 1.29 bits per heavy atom.